The summed E-state index contributed by atoms with van der Waals surface area (Å²) in [7, 11) is 1.18. The van der Waals surface area contributed by atoms with E-state index in [9.17, 15) is 19.2 Å². The van der Waals surface area contributed by atoms with Gasteiger partial charge >= 0.3 is 5.97 Å². The minimum Gasteiger partial charge on any atom is -0.490 e. The lowest BCUT2D eigenvalue weighted by atomic mass is 10.2. The monoisotopic (exact) mass is 596 g/mol. The number of halogens is 1. The molecular formula is C23H21IN2O7S. The highest BCUT2D eigenvalue weighted by Gasteiger charge is 2.36. The lowest BCUT2D eigenvalue weighted by Gasteiger charge is -2.15. The van der Waals surface area contributed by atoms with E-state index >= 15 is 0 Å². The van der Waals surface area contributed by atoms with Crippen molar-refractivity contribution in [2.24, 2.45) is 0 Å². The van der Waals surface area contributed by atoms with Crippen LogP contribution in [-0.2, 0) is 19.1 Å². The fourth-order valence-electron chi connectivity index (χ4n) is 2.91. The van der Waals surface area contributed by atoms with Crippen molar-refractivity contribution in [2.45, 2.75) is 6.92 Å². The fourth-order valence-corrected chi connectivity index (χ4v) is 4.53. The van der Waals surface area contributed by atoms with Gasteiger partial charge < -0.3 is 19.5 Å². The van der Waals surface area contributed by atoms with E-state index in [4.69, 9.17) is 9.47 Å². The van der Waals surface area contributed by atoms with Crippen molar-refractivity contribution in [3.8, 4) is 11.5 Å². The molecule has 0 aliphatic carbocycles. The Morgan fingerprint density at radius 2 is 1.88 bits per heavy atom. The summed E-state index contributed by atoms with van der Waals surface area (Å²) in [4.78, 5) is 49.5. The van der Waals surface area contributed by atoms with E-state index in [0.29, 0.717) is 32.9 Å². The van der Waals surface area contributed by atoms with Crippen molar-refractivity contribution in [3.05, 3.63) is 56.5 Å². The summed E-state index contributed by atoms with van der Waals surface area (Å²) in [6, 6.07) is 12.4. The Morgan fingerprint density at radius 1 is 1.15 bits per heavy atom. The molecule has 34 heavy (non-hydrogen) atoms. The van der Waals surface area contributed by atoms with E-state index in [1.54, 1.807) is 30.3 Å². The molecule has 3 amide bonds. The molecule has 0 unspecified atom stereocenters. The van der Waals surface area contributed by atoms with Crippen LogP contribution in [-0.4, -0.2) is 54.8 Å². The quantitative estimate of drug-likeness (QED) is 0.264. The van der Waals surface area contributed by atoms with Gasteiger partial charge in [-0.2, -0.15) is 0 Å². The SMILES string of the molecule is CCOc1cc(/C=C2\SC(=O)N(CC(=O)OC)C2=O)cc(I)c1OCC(=O)Nc1ccccc1. The molecule has 1 N–H and O–H groups in total. The Kier molecular flexibility index (Phi) is 8.93. The van der Waals surface area contributed by atoms with E-state index < -0.39 is 23.7 Å². The van der Waals surface area contributed by atoms with Crippen LogP contribution in [0.5, 0.6) is 11.5 Å². The number of ether oxygens (including phenoxy) is 3. The van der Waals surface area contributed by atoms with E-state index in [1.807, 2.05) is 47.7 Å². The fraction of sp³-hybridized carbons (Fsp3) is 0.217. The first kappa shape index (κ1) is 25.6. The predicted molar refractivity (Wildman–Crippen MR) is 136 cm³/mol. The first-order chi connectivity index (χ1) is 16.3. The Bertz CT molecular complexity index is 1140. The van der Waals surface area contributed by atoms with Gasteiger partial charge in [0.25, 0.3) is 17.1 Å². The molecule has 0 atom stereocenters. The molecule has 0 aromatic heterocycles. The predicted octanol–water partition coefficient (Wildman–Crippen LogP) is 3.92. The smallest absolute Gasteiger partial charge is 0.325 e. The summed E-state index contributed by atoms with van der Waals surface area (Å²) >= 11 is 2.78. The third-order valence-electron chi connectivity index (χ3n) is 4.42. The van der Waals surface area contributed by atoms with Crippen LogP contribution in [0, 0.1) is 3.57 Å². The number of hydrogen-bond donors (Lipinski definition) is 1. The lowest BCUT2D eigenvalue weighted by molar-refractivity contribution is -0.143. The molecule has 178 valence electrons. The third-order valence-corrected chi connectivity index (χ3v) is 6.13. The van der Waals surface area contributed by atoms with Crippen LogP contribution in [0.3, 0.4) is 0 Å². The summed E-state index contributed by atoms with van der Waals surface area (Å²) in [6.07, 6.45) is 1.54. The van der Waals surface area contributed by atoms with Crippen LogP contribution >= 0.6 is 34.4 Å². The number of methoxy groups -OCH3 is 1. The van der Waals surface area contributed by atoms with E-state index in [2.05, 4.69) is 10.1 Å². The maximum Gasteiger partial charge on any atom is 0.325 e. The van der Waals surface area contributed by atoms with Gasteiger partial charge in [0.15, 0.2) is 18.1 Å². The number of thioether (sulfide) groups is 1. The van der Waals surface area contributed by atoms with Gasteiger partial charge in [0.2, 0.25) is 0 Å². The van der Waals surface area contributed by atoms with Gasteiger partial charge in [-0.15, -0.1) is 0 Å². The molecule has 0 saturated carbocycles. The van der Waals surface area contributed by atoms with Gasteiger partial charge in [-0.05, 0) is 77.2 Å². The standard InChI is InChI=1S/C23H21IN2O7S/c1-3-32-17-10-14(11-18-22(29)26(23(30)34-18)12-20(28)31-2)9-16(24)21(17)33-13-19(27)25-15-7-5-4-6-8-15/h4-11H,3,12-13H2,1-2H3,(H,25,27)/b18-11-. The second-order valence-corrected chi connectivity index (χ2v) is 8.97. The molecule has 1 heterocycles. The van der Waals surface area contributed by atoms with Crippen LogP contribution in [0.15, 0.2) is 47.4 Å². The van der Waals surface area contributed by atoms with Gasteiger partial charge in [0.05, 0.1) is 22.2 Å². The van der Waals surface area contributed by atoms with E-state index in [1.165, 1.54) is 7.11 Å². The number of nitrogens with one attached hydrogen (secondary N) is 1. The highest BCUT2D eigenvalue weighted by Crippen LogP contribution is 2.37. The second-order valence-electron chi connectivity index (χ2n) is 6.81. The summed E-state index contributed by atoms with van der Waals surface area (Å²) in [5.74, 6) is -0.808. The minimum atomic E-state index is -0.686. The second kappa shape index (κ2) is 11.9. The van der Waals surface area contributed by atoms with Crippen LogP contribution in [0.2, 0.25) is 0 Å². The van der Waals surface area contributed by atoms with E-state index in [0.717, 1.165) is 16.7 Å². The van der Waals surface area contributed by atoms with Crippen LogP contribution in [0.1, 0.15) is 12.5 Å². The van der Waals surface area contributed by atoms with Gasteiger partial charge in [-0.3, -0.25) is 24.1 Å². The Morgan fingerprint density at radius 3 is 2.56 bits per heavy atom. The zero-order valence-corrected chi connectivity index (χ0v) is 21.3. The number of hydrogen-bond acceptors (Lipinski definition) is 8. The van der Waals surface area contributed by atoms with Gasteiger partial charge in [-0.25, -0.2) is 0 Å². The number of amides is 3. The summed E-state index contributed by atoms with van der Waals surface area (Å²) < 4.78 is 16.6. The molecule has 2 aromatic carbocycles. The molecule has 9 nitrogen and oxygen atoms in total. The van der Waals surface area contributed by atoms with Gasteiger partial charge in [0, 0.05) is 5.69 Å². The Labute approximate surface area is 213 Å². The number of carbonyl (C=O) groups is 4. The molecule has 11 heteroatoms. The highest BCUT2D eigenvalue weighted by molar-refractivity contribution is 14.1. The largest absolute Gasteiger partial charge is 0.490 e. The molecule has 1 aliphatic rings. The normalized spacial score (nSPS) is 14.3. The van der Waals surface area contributed by atoms with Crippen molar-refractivity contribution < 1.29 is 33.4 Å². The molecular weight excluding hydrogens is 575 g/mol. The average molecular weight is 596 g/mol. The number of nitrogens with zero attached hydrogens (tertiary/aromatic N) is 1. The molecule has 1 aliphatic heterocycles. The van der Waals surface area contributed by atoms with Gasteiger partial charge in [0.1, 0.15) is 6.54 Å². The summed E-state index contributed by atoms with van der Waals surface area (Å²) in [5.41, 5.74) is 1.25. The van der Waals surface area contributed by atoms with Crippen molar-refractivity contribution in [1.82, 2.24) is 4.90 Å². The number of benzene rings is 2. The molecule has 1 fully saturated rings. The molecule has 0 bridgehead atoms. The van der Waals surface area contributed by atoms with Crippen LogP contribution in [0.25, 0.3) is 6.08 Å². The topological polar surface area (TPSA) is 111 Å². The highest BCUT2D eigenvalue weighted by atomic mass is 127. The summed E-state index contributed by atoms with van der Waals surface area (Å²) in [5, 5.41) is 2.20. The maximum atomic E-state index is 12.6. The zero-order valence-electron chi connectivity index (χ0n) is 18.3. The average Bonchev–Trinajstić information content (AvgIpc) is 3.06. The molecule has 0 spiro atoms. The minimum absolute atomic E-state index is 0.169. The lowest BCUT2D eigenvalue weighted by Crippen LogP contribution is -2.34. The molecule has 3 rings (SSSR count). The van der Waals surface area contributed by atoms with Crippen molar-refractivity contribution >= 4 is 69.1 Å². The molecule has 0 radical (unpaired) electrons. The summed E-state index contributed by atoms with van der Waals surface area (Å²) in [6.45, 7) is 1.49. The maximum absolute atomic E-state index is 12.6. The van der Waals surface area contributed by atoms with Crippen LogP contribution < -0.4 is 14.8 Å². The zero-order chi connectivity index (χ0) is 24.7. The van der Waals surface area contributed by atoms with Crippen LogP contribution in [0.4, 0.5) is 10.5 Å². The number of para-hydroxylation sites is 1. The van der Waals surface area contributed by atoms with E-state index in [-0.39, 0.29) is 17.4 Å². The number of anilines is 1. The van der Waals surface area contributed by atoms with Gasteiger partial charge in [-0.1, -0.05) is 18.2 Å². The number of esters is 1. The van der Waals surface area contributed by atoms with Crippen molar-refractivity contribution in [1.29, 1.82) is 0 Å². The Hall–Kier alpha value is -3.06. The third kappa shape index (κ3) is 6.50. The molecule has 1 saturated heterocycles. The van der Waals surface area contributed by atoms with Crippen molar-refractivity contribution in [2.75, 3.05) is 32.2 Å². The van der Waals surface area contributed by atoms with Crippen molar-refractivity contribution in [3.63, 3.8) is 0 Å². The molecule has 2 aromatic rings. The number of carbonyl (C=O) groups excluding carboxylic acids is 4. The first-order valence-electron chi connectivity index (χ1n) is 10.1. The number of rotatable bonds is 9. The first-order valence-corrected chi connectivity index (χ1v) is 12.0. The number of imide groups is 1. The Balaban J connectivity index is 1.77.